The summed E-state index contributed by atoms with van der Waals surface area (Å²) in [6.45, 7) is 2.51. The summed E-state index contributed by atoms with van der Waals surface area (Å²) in [6, 6.07) is 10.2. The van der Waals surface area contributed by atoms with Crippen molar-refractivity contribution in [2.24, 2.45) is 4.99 Å². The molecule has 1 aliphatic heterocycles. The van der Waals surface area contributed by atoms with E-state index in [1.54, 1.807) is 0 Å². The summed E-state index contributed by atoms with van der Waals surface area (Å²) < 4.78 is 0. The second-order valence-electron chi connectivity index (χ2n) is 4.59. The van der Waals surface area contributed by atoms with Crippen LogP contribution in [0.25, 0.3) is 11.3 Å². The first-order valence-corrected chi connectivity index (χ1v) is 6.42. The molecule has 0 radical (unpaired) electrons. The Morgan fingerprint density at radius 2 is 2.16 bits per heavy atom. The summed E-state index contributed by atoms with van der Waals surface area (Å²) in [4.78, 5) is 14.2. The predicted molar refractivity (Wildman–Crippen MR) is 75.8 cm³/mol. The first kappa shape index (κ1) is 11.8. The van der Waals surface area contributed by atoms with Gasteiger partial charge in [0.2, 0.25) is 0 Å². The van der Waals surface area contributed by atoms with Crippen LogP contribution >= 0.6 is 0 Å². The molecule has 1 aromatic heterocycles. The Bertz CT molecular complexity index is 573. The summed E-state index contributed by atoms with van der Waals surface area (Å²) in [7, 11) is 2.04. The Kier molecular flexibility index (Phi) is 3.18. The van der Waals surface area contributed by atoms with Crippen LogP contribution in [0.2, 0.25) is 0 Å². The van der Waals surface area contributed by atoms with E-state index in [9.17, 15) is 0 Å². The monoisotopic (exact) mass is 255 g/mol. The third-order valence-electron chi connectivity index (χ3n) is 3.19. The second kappa shape index (κ2) is 5.14. The number of aliphatic imine (C=N–C) groups is 1. The Labute approximate surface area is 112 Å². The Morgan fingerprint density at radius 3 is 2.89 bits per heavy atom. The number of imidazole rings is 1. The molecule has 0 saturated carbocycles. The van der Waals surface area contributed by atoms with Crippen LogP contribution in [0.5, 0.6) is 0 Å². The minimum atomic E-state index is 0.663. The fraction of sp³-hybridized carbons (Fsp3) is 0.286. The summed E-state index contributed by atoms with van der Waals surface area (Å²) in [5.41, 5.74) is 2.19. The minimum Gasteiger partial charge on any atom is -0.349 e. The molecular formula is C14H17N5. The highest BCUT2D eigenvalue weighted by atomic mass is 15.3. The molecule has 1 aromatic carbocycles. The fourth-order valence-electron chi connectivity index (χ4n) is 2.10. The van der Waals surface area contributed by atoms with Crippen molar-refractivity contribution in [1.29, 1.82) is 0 Å². The Balaban J connectivity index is 1.66. The molecule has 2 N–H and O–H groups in total. The van der Waals surface area contributed by atoms with Crippen LogP contribution in [-0.4, -0.2) is 41.0 Å². The average molecular weight is 255 g/mol. The van der Waals surface area contributed by atoms with E-state index in [1.165, 1.54) is 0 Å². The van der Waals surface area contributed by atoms with Gasteiger partial charge in [-0.2, -0.15) is 0 Å². The molecule has 0 amide bonds. The molecule has 19 heavy (non-hydrogen) atoms. The van der Waals surface area contributed by atoms with Crippen molar-refractivity contribution in [1.82, 2.24) is 20.2 Å². The molecule has 0 bridgehead atoms. The van der Waals surface area contributed by atoms with Gasteiger partial charge in [-0.25, -0.2) is 4.98 Å². The zero-order valence-electron chi connectivity index (χ0n) is 10.9. The van der Waals surface area contributed by atoms with Gasteiger partial charge in [0.05, 0.1) is 25.0 Å². The second-order valence-corrected chi connectivity index (χ2v) is 4.59. The third kappa shape index (κ3) is 2.59. The summed E-state index contributed by atoms with van der Waals surface area (Å²) in [6.07, 6.45) is 1.87. The van der Waals surface area contributed by atoms with Crippen LogP contribution in [-0.2, 0) is 6.54 Å². The van der Waals surface area contributed by atoms with Gasteiger partial charge in [-0.1, -0.05) is 30.3 Å². The average Bonchev–Trinajstić information content (AvgIpc) is 3.06. The maximum absolute atomic E-state index is 4.39. The van der Waals surface area contributed by atoms with Crippen molar-refractivity contribution in [2.75, 3.05) is 20.1 Å². The molecule has 0 saturated heterocycles. The minimum absolute atomic E-state index is 0.663. The molecule has 3 rings (SSSR count). The number of hydrogen-bond donors (Lipinski definition) is 2. The summed E-state index contributed by atoms with van der Waals surface area (Å²) in [5.74, 6) is 1.86. The molecule has 5 nitrogen and oxygen atoms in total. The van der Waals surface area contributed by atoms with E-state index in [4.69, 9.17) is 0 Å². The van der Waals surface area contributed by atoms with E-state index >= 15 is 0 Å². The van der Waals surface area contributed by atoms with Gasteiger partial charge in [-0.05, 0) is 5.56 Å². The number of benzene rings is 1. The maximum atomic E-state index is 4.39. The van der Waals surface area contributed by atoms with Crippen LogP contribution in [0.15, 0.2) is 41.5 Å². The Hall–Kier alpha value is -2.30. The first-order valence-electron chi connectivity index (χ1n) is 6.42. The van der Waals surface area contributed by atoms with Crippen LogP contribution in [0.4, 0.5) is 0 Å². The number of guanidine groups is 1. The van der Waals surface area contributed by atoms with Crippen molar-refractivity contribution < 1.29 is 0 Å². The molecule has 98 valence electrons. The number of nitrogens with one attached hydrogen (secondary N) is 2. The van der Waals surface area contributed by atoms with E-state index in [1.807, 2.05) is 31.4 Å². The number of aromatic amines is 1. The number of H-pyrrole nitrogens is 1. The molecule has 0 atom stereocenters. The van der Waals surface area contributed by atoms with Crippen molar-refractivity contribution >= 4 is 5.96 Å². The number of rotatable bonds is 3. The number of nitrogens with zero attached hydrogens (tertiary/aromatic N) is 3. The topological polar surface area (TPSA) is 56.3 Å². The van der Waals surface area contributed by atoms with Crippen LogP contribution in [0.1, 0.15) is 5.82 Å². The van der Waals surface area contributed by atoms with E-state index < -0.39 is 0 Å². The molecule has 1 aliphatic rings. The normalized spacial score (nSPS) is 14.6. The molecule has 0 spiro atoms. The van der Waals surface area contributed by atoms with Gasteiger partial charge in [0, 0.05) is 13.6 Å². The molecule has 5 heteroatoms. The number of hydrogen-bond acceptors (Lipinski definition) is 4. The smallest absolute Gasteiger partial charge is 0.194 e. The largest absolute Gasteiger partial charge is 0.349 e. The lowest BCUT2D eigenvalue weighted by molar-refractivity contribution is 0.532. The summed E-state index contributed by atoms with van der Waals surface area (Å²) >= 11 is 0. The molecule has 0 aliphatic carbocycles. The van der Waals surface area contributed by atoms with Crippen LogP contribution in [0, 0.1) is 0 Å². The van der Waals surface area contributed by atoms with Crippen LogP contribution < -0.4 is 5.32 Å². The van der Waals surface area contributed by atoms with Crippen molar-refractivity contribution in [3.05, 3.63) is 42.4 Å². The molecule has 0 unspecified atom stereocenters. The lowest BCUT2D eigenvalue weighted by atomic mass is 10.2. The highest BCUT2D eigenvalue weighted by Gasteiger charge is 2.12. The molecular weight excluding hydrogens is 238 g/mol. The fourth-order valence-corrected chi connectivity index (χ4v) is 2.10. The standard InChI is InChI=1S/C14H17N5/c1-19-8-7-15-14(19)17-10-13-16-9-12(18-13)11-5-3-2-4-6-11/h2-6,9H,7-8,10H2,1H3,(H,15,17)(H,16,18). The highest BCUT2D eigenvalue weighted by molar-refractivity contribution is 5.81. The van der Waals surface area contributed by atoms with Gasteiger partial charge in [0.25, 0.3) is 0 Å². The Morgan fingerprint density at radius 1 is 1.32 bits per heavy atom. The van der Waals surface area contributed by atoms with Crippen molar-refractivity contribution in [2.45, 2.75) is 6.54 Å². The van der Waals surface area contributed by atoms with E-state index in [-0.39, 0.29) is 0 Å². The number of likely N-dealkylation sites (N-methyl/N-ethyl adjacent to an activating group) is 1. The van der Waals surface area contributed by atoms with E-state index in [2.05, 4.69) is 37.3 Å². The zero-order chi connectivity index (χ0) is 13.1. The van der Waals surface area contributed by atoms with Gasteiger partial charge < -0.3 is 15.2 Å². The van der Waals surface area contributed by atoms with E-state index in [0.29, 0.717) is 6.54 Å². The maximum Gasteiger partial charge on any atom is 0.194 e. The quantitative estimate of drug-likeness (QED) is 0.873. The van der Waals surface area contributed by atoms with Gasteiger partial charge >= 0.3 is 0 Å². The van der Waals surface area contributed by atoms with Crippen LogP contribution in [0.3, 0.4) is 0 Å². The van der Waals surface area contributed by atoms with Crippen molar-refractivity contribution in [3.8, 4) is 11.3 Å². The van der Waals surface area contributed by atoms with Gasteiger partial charge in [-0.15, -0.1) is 0 Å². The molecule has 2 aromatic rings. The lowest BCUT2D eigenvalue weighted by Gasteiger charge is -2.14. The predicted octanol–water partition coefficient (Wildman–Crippen LogP) is 1.47. The molecule has 2 heterocycles. The van der Waals surface area contributed by atoms with Gasteiger partial charge in [-0.3, -0.25) is 4.99 Å². The first-order chi connectivity index (χ1) is 9.33. The van der Waals surface area contributed by atoms with Gasteiger partial charge in [0.1, 0.15) is 5.82 Å². The third-order valence-corrected chi connectivity index (χ3v) is 3.19. The summed E-state index contributed by atoms with van der Waals surface area (Å²) in [5, 5.41) is 3.29. The zero-order valence-corrected chi connectivity index (χ0v) is 10.9. The van der Waals surface area contributed by atoms with Crippen molar-refractivity contribution in [3.63, 3.8) is 0 Å². The highest BCUT2D eigenvalue weighted by Crippen LogP contribution is 2.15. The van der Waals surface area contributed by atoms with E-state index in [0.717, 1.165) is 36.1 Å². The van der Waals surface area contributed by atoms with Gasteiger partial charge in [0.15, 0.2) is 5.96 Å². The molecule has 0 fully saturated rings. The number of aromatic nitrogens is 2. The lowest BCUT2D eigenvalue weighted by Crippen LogP contribution is -2.35. The SMILES string of the molecule is CN1CCN=C1NCc1ncc(-c2ccccc2)[nH]1.